The summed E-state index contributed by atoms with van der Waals surface area (Å²) in [5.74, 6) is -0.766. The SMILES string of the molecule is C=C[C@@H]1C[C@]1(CC(=O)[C@@H]1C[C@@H](O)CN1C(=O)OC(C)(C)C)C(=O)OCC. The van der Waals surface area contributed by atoms with Gasteiger partial charge in [-0.25, -0.2) is 4.79 Å². The Morgan fingerprint density at radius 2 is 2.00 bits per heavy atom. The van der Waals surface area contributed by atoms with Gasteiger partial charge in [-0.2, -0.15) is 0 Å². The van der Waals surface area contributed by atoms with E-state index in [0.29, 0.717) is 6.42 Å². The maximum atomic E-state index is 12.9. The Kier molecular flexibility index (Phi) is 5.80. The zero-order chi connectivity index (χ0) is 19.7. The molecule has 0 aromatic heterocycles. The molecule has 2 aliphatic rings. The number of carbonyl (C=O) groups is 3. The number of Topliss-reactive ketones (excluding diaryl/α,β-unsaturated/α-hetero) is 1. The third-order valence-electron chi connectivity index (χ3n) is 4.87. The molecule has 0 aromatic carbocycles. The number of allylic oxidation sites excluding steroid dienone is 1. The van der Waals surface area contributed by atoms with E-state index in [1.807, 2.05) is 0 Å². The van der Waals surface area contributed by atoms with Gasteiger partial charge >= 0.3 is 12.1 Å². The minimum absolute atomic E-state index is 0.0286. The molecular weight excluding hydrogens is 338 g/mol. The van der Waals surface area contributed by atoms with E-state index in [-0.39, 0.29) is 37.7 Å². The maximum absolute atomic E-state index is 12.9. The number of hydrogen-bond acceptors (Lipinski definition) is 6. The zero-order valence-electron chi connectivity index (χ0n) is 16.0. The van der Waals surface area contributed by atoms with Crippen molar-refractivity contribution in [2.24, 2.45) is 11.3 Å². The summed E-state index contributed by atoms with van der Waals surface area (Å²) in [4.78, 5) is 38.9. The highest BCUT2D eigenvalue weighted by atomic mass is 16.6. The number of nitrogens with zero attached hydrogens (tertiary/aromatic N) is 1. The highest BCUT2D eigenvalue weighted by Gasteiger charge is 2.61. The normalized spacial score (nSPS) is 30.7. The zero-order valence-corrected chi connectivity index (χ0v) is 16.0. The van der Waals surface area contributed by atoms with Crippen LogP contribution in [0.1, 0.15) is 47.0 Å². The molecule has 0 radical (unpaired) electrons. The molecular formula is C19H29NO6. The van der Waals surface area contributed by atoms with Crippen molar-refractivity contribution in [2.45, 2.75) is 64.7 Å². The fraction of sp³-hybridized carbons (Fsp3) is 0.737. The third-order valence-corrected chi connectivity index (χ3v) is 4.87. The fourth-order valence-electron chi connectivity index (χ4n) is 3.50. The number of rotatable bonds is 6. The van der Waals surface area contributed by atoms with Gasteiger partial charge in [0.05, 0.1) is 30.7 Å². The Morgan fingerprint density at radius 3 is 2.50 bits per heavy atom. The van der Waals surface area contributed by atoms with Crippen LogP contribution in [0, 0.1) is 11.3 Å². The van der Waals surface area contributed by atoms with Crippen molar-refractivity contribution in [3.8, 4) is 0 Å². The molecule has 26 heavy (non-hydrogen) atoms. The van der Waals surface area contributed by atoms with Crippen molar-refractivity contribution in [1.82, 2.24) is 4.90 Å². The van der Waals surface area contributed by atoms with Gasteiger partial charge < -0.3 is 14.6 Å². The molecule has 1 aliphatic carbocycles. The van der Waals surface area contributed by atoms with E-state index in [9.17, 15) is 19.5 Å². The number of esters is 1. The van der Waals surface area contributed by atoms with E-state index in [4.69, 9.17) is 9.47 Å². The van der Waals surface area contributed by atoms with Crippen LogP contribution in [0.15, 0.2) is 12.7 Å². The molecule has 0 unspecified atom stereocenters. The second-order valence-corrected chi connectivity index (χ2v) is 8.10. The van der Waals surface area contributed by atoms with Crippen LogP contribution in [-0.2, 0) is 19.1 Å². The predicted octanol–water partition coefficient (Wildman–Crippen LogP) is 2.07. The number of aliphatic hydroxyl groups is 1. The van der Waals surface area contributed by atoms with Gasteiger partial charge in [0.15, 0.2) is 5.78 Å². The van der Waals surface area contributed by atoms with E-state index in [2.05, 4.69) is 6.58 Å². The first-order valence-electron chi connectivity index (χ1n) is 9.04. The van der Waals surface area contributed by atoms with Crippen molar-refractivity contribution in [3.05, 3.63) is 12.7 Å². The number of likely N-dealkylation sites (tertiary alicyclic amines) is 1. The molecule has 0 bridgehead atoms. The lowest BCUT2D eigenvalue weighted by molar-refractivity contribution is -0.152. The summed E-state index contributed by atoms with van der Waals surface area (Å²) in [6, 6.07) is -0.794. The number of ether oxygens (including phenoxy) is 2. The summed E-state index contributed by atoms with van der Waals surface area (Å²) in [5, 5.41) is 9.96. The van der Waals surface area contributed by atoms with Crippen LogP contribution in [0.5, 0.6) is 0 Å². The molecule has 1 heterocycles. The van der Waals surface area contributed by atoms with Gasteiger partial charge in [-0.05, 0) is 40.0 Å². The van der Waals surface area contributed by atoms with E-state index in [1.165, 1.54) is 4.90 Å². The highest BCUT2D eigenvalue weighted by molar-refractivity contribution is 5.94. The smallest absolute Gasteiger partial charge is 0.410 e. The standard InChI is InChI=1S/C19H29NO6/c1-6-12-9-19(12,16(23)25-7-2)10-15(22)14-8-13(21)11-20(14)17(24)26-18(3,4)5/h6,12-14,21H,1,7-11H2,2-5H3/t12-,13-,14+,19-/m1/s1. The van der Waals surface area contributed by atoms with E-state index in [0.717, 1.165) is 0 Å². The van der Waals surface area contributed by atoms with Gasteiger partial charge in [0.2, 0.25) is 0 Å². The van der Waals surface area contributed by atoms with Crippen LogP contribution in [0.3, 0.4) is 0 Å². The summed E-state index contributed by atoms with van der Waals surface area (Å²) in [6.07, 6.45) is 0.884. The molecule has 2 fully saturated rings. The highest BCUT2D eigenvalue weighted by Crippen LogP contribution is 2.57. The number of carbonyl (C=O) groups excluding carboxylic acids is 3. The summed E-state index contributed by atoms with van der Waals surface area (Å²) < 4.78 is 10.5. The van der Waals surface area contributed by atoms with E-state index in [1.54, 1.807) is 33.8 Å². The molecule has 7 heteroatoms. The van der Waals surface area contributed by atoms with Crippen molar-refractivity contribution >= 4 is 17.8 Å². The van der Waals surface area contributed by atoms with Gasteiger partial charge in [0, 0.05) is 12.8 Å². The Morgan fingerprint density at radius 1 is 1.35 bits per heavy atom. The predicted molar refractivity (Wildman–Crippen MR) is 94.3 cm³/mol. The lowest BCUT2D eigenvalue weighted by Crippen LogP contribution is -2.44. The number of aliphatic hydroxyl groups excluding tert-OH is 1. The van der Waals surface area contributed by atoms with Crippen molar-refractivity contribution in [2.75, 3.05) is 13.2 Å². The quantitative estimate of drug-likeness (QED) is 0.571. The van der Waals surface area contributed by atoms with E-state index >= 15 is 0 Å². The largest absolute Gasteiger partial charge is 0.466 e. The maximum Gasteiger partial charge on any atom is 0.410 e. The first-order valence-corrected chi connectivity index (χ1v) is 9.04. The fourth-order valence-corrected chi connectivity index (χ4v) is 3.50. The molecule has 146 valence electrons. The van der Waals surface area contributed by atoms with Crippen LogP contribution in [0.4, 0.5) is 4.79 Å². The van der Waals surface area contributed by atoms with Gasteiger partial charge in [-0.1, -0.05) is 6.08 Å². The average molecular weight is 367 g/mol. The molecule has 1 saturated heterocycles. The minimum atomic E-state index is -0.887. The molecule has 4 atom stereocenters. The number of β-amino-alcohol motifs (C(OH)–C–C–N with tert-alkyl or cyclic N) is 1. The lowest BCUT2D eigenvalue weighted by Gasteiger charge is -2.28. The van der Waals surface area contributed by atoms with Crippen LogP contribution in [-0.4, -0.2) is 58.8 Å². The Labute approximate surface area is 154 Å². The summed E-state index contributed by atoms with van der Waals surface area (Å²) in [7, 11) is 0. The lowest BCUT2D eigenvalue weighted by atomic mass is 9.92. The Hall–Kier alpha value is -1.89. The van der Waals surface area contributed by atoms with Crippen LogP contribution < -0.4 is 0 Å². The first kappa shape index (κ1) is 20.4. The average Bonchev–Trinajstić information content (AvgIpc) is 3.09. The second-order valence-electron chi connectivity index (χ2n) is 8.10. The van der Waals surface area contributed by atoms with Gasteiger partial charge in [0.25, 0.3) is 0 Å². The molecule has 0 aromatic rings. The summed E-state index contributed by atoms with van der Waals surface area (Å²) in [6.45, 7) is 10.9. The second kappa shape index (κ2) is 7.39. The van der Waals surface area contributed by atoms with Gasteiger partial charge in [-0.15, -0.1) is 6.58 Å². The number of hydrogen-bond donors (Lipinski definition) is 1. The van der Waals surface area contributed by atoms with Crippen molar-refractivity contribution in [1.29, 1.82) is 0 Å². The third kappa shape index (κ3) is 4.26. The topological polar surface area (TPSA) is 93.1 Å². The molecule has 7 nitrogen and oxygen atoms in total. The monoisotopic (exact) mass is 367 g/mol. The number of amides is 1. The molecule has 1 N–H and O–H groups in total. The van der Waals surface area contributed by atoms with Crippen molar-refractivity contribution in [3.63, 3.8) is 0 Å². The van der Waals surface area contributed by atoms with Crippen LogP contribution >= 0.6 is 0 Å². The molecule has 1 saturated carbocycles. The molecule has 2 rings (SSSR count). The molecule has 1 amide bonds. The van der Waals surface area contributed by atoms with Gasteiger partial charge in [0.1, 0.15) is 5.60 Å². The van der Waals surface area contributed by atoms with E-state index < -0.39 is 35.2 Å². The Bertz CT molecular complexity index is 595. The van der Waals surface area contributed by atoms with Crippen molar-refractivity contribution < 1.29 is 29.0 Å². The Balaban J connectivity index is 2.12. The first-order chi connectivity index (χ1) is 12.0. The number of ketones is 1. The minimum Gasteiger partial charge on any atom is -0.466 e. The summed E-state index contributed by atoms with van der Waals surface area (Å²) in [5.41, 5.74) is -1.59. The molecule has 0 spiro atoms. The van der Waals surface area contributed by atoms with Gasteiger partial charge in [-0.3, -0.25) is 14.5 Å². The van der Waals surface area contributed by atoms with Crippen LogP contribution in [0.2, 0.25) is 0 Å². The van der Waals surface area contributed by atoms with Crippen LogP contribution in [0.25, 0.3) is 0 Å². The molecule has 1 aliphatic heterocycles. The summed E-state index contributed by atoms with van der Waals surface area (Å²) >= 11 is 0.